The second-order valence-corrected chi connectivity index (χ2v) is 6.72. The summed E-state index contributed by atoms with van der Waals surface area (Å²) in [6, 6.07) is 13.0. The predicted molar refractivity (Wildman–Crippen MR) is 104 cm³/mol. The topological polar surface area (TPSA) is 68.7 Å². The Bertz CT molecular complexity index is 704. The summed E-state index contributed by atoms with van der Waals surface area (Å²) < 4.78 is 0. The summed E-state index contributed by atoms with van der Waals surface area (Å²) in [5.74, 6) is 0.783. The Morgan fingerprint density at radius 3 is 2.65 bits per heavy atom. The minimum absolute atomic E-state index is 0.135. The maximum atomic E-state index is 12.2. The molecule has 0 bridgehead atoms. The molecule has 0 spiro atoms. The third-order valence-corrected chi connectivity index (χ3v) is 4.48. The molecule has 1 unspecified atom stereocenters. The first-order valence-electron chi connectivity index (χ1n) is 9.09. The van der Waals surface area contributed by atoms with E-state index in [1.165, 1.54) is 0 Å². The highest BCUT2D eigenvalue weighted by atomic mass is 16.3. The van der Waals surface area contributed by atoms with Crippen molar-refractivity contribution < 1.29 is 9.90 Å². The number of carbonyl (C=O) groups excluding carboxylic acids is 1. The van der Waals surface area contributed by atoms with Crippen molar-refractivity contribution in [2.75, 3.05) is 42.9 Å². The van der Waals surface area contributed by atoms with Gasteiger partial charge in [0, 0.05) is 31.7 Å². The fraction of sp³-hybridized carbons (Fsp3) is 0.400. The molecule has 0 radical (unpaired) electrons. The van der Waals surface area contributed by atoms with Gasteiger partial charge >= 0.3 is 0 Å². The molecule has 6 nitrogen and oxygen atoms in total. The highest BCUT2D eigenvalue weighted by molar-refractivity contribution is 6.04. The van der Waals surface area contributed by atoms with Crippen LogP contribution in [0.25, 0.3) is 0 Å². The van der Waals surface area contributed by atoms with Crippen molar-refractivity contribution >= 4 is 17.4 Å². The lowest BCUT2D eigenvalue weighted by molar-refractivity contribution is 0.102. The monoisotopic (exact) mass is 354 g/mol. The Morgan fingerprint density at radius 2 is 1.96 bits per heavy atom. The molecule has 1 atom stereocenters. The first kappa shape index (κ1) is 18.4. The van der Waals surface area contributed by atoms with Crippen molar-refractivity contribution in [3.63, 3.8) is 0 Å². The Kier molecular flexibility index (Phi) is 6.20. The molecule has 0 saturated carbocycles. The first-order chi connectivity index (χ1) is 12.6. The van der Waals surface area contributed by atoms with E-state index >= 15 is 0 Å². The van der Waals surface area contributed by atoms with Gasteiger partial charge in [-0.3, -0.25) is 9.69 Å². The third-order valence-electron chi connectivity index (χ3n) is 4.48. The molecule has 1 amide bonds. The highest BCUT2D eigenvalue weighted by Gasteiger charge is 2.17. The van der Waals surface area contributed by atoms with E-state index in [0.717, 1.165) is 38.4 Å². The number of hydrogen-bond donors (Lipinski definition) is 2. The van der Waals surface area contributed by atoms with E-state index < -0.39 is 0 Å². The van der Waals surface area contributed by atoms with Crippen molar-refractivity contribution in [1.29, 1.82) is 0 Å². The van der Waals surface area contributed by atoms with Gasteiger partial charge in [-0.25, -0.2) is 4.98 Å². The number of pyridine rings is 1. The lowest BCUT2D eigenvalue weighted by Crippen LogP contribution is -2.35. The molecule has 3 rings (SSSR count). The average molecular weight is 354 g/mol. The van der Waals surface area contributed by atoms with Gasteiger partial charge in [0.15, 0.2) is 0 Å². The molecule has 138 valence electrons. The average Bonchev–Trinajstić information content (AvgIpc) is 2.88. The fourth-order valence-corrected chi connectivity index (χ4v) is 3.20. The summed E-state index contributed by atoms with van der Waals surface area (Å²) in [6.07, 6.45) is 2.45. The number of aromatic nitrogens is 1. The zero-order valence-corrected chi connectivity index (χ0v) is 15.1. The smallest absolute Gasteiger partial charge is 0.255 e. The van der Waals surface area contributed by atoms with Crippen LogP contribution >= 0.6 is 0 Å². The largest absolute Gasteiger partial charge is 0.392 e. The van der Waals surface area contributed by atoms with Crippen LogP contribution in [0, 0.1) is 0 Å². The van der Waals surface area contributed by atoms with Crippen LogP contribution in [0.2, 0.25) is 0 Å². The van der Waals surface area contributed by atoms with Crippen LogP contribution in [0.3, 0.4) is 0 Å². The molecule has 26 heavy (non-hydrogen) atoms. The first-order valence-corrected chi connectivity index (χ1v) is 9.09. The number of amides is 1. The van der Waals surface area contributed by atoms with Crippen LogP contribution in [-0.4, -0.2) is 59.7 Å². The molecule has 1 aromatic heterocycles. The van der Waals surface area contributed by atoms with Crippen LogP contribution in [0.4, 0.5) is 11.5 Å². The number of aliphatic hydroxyl groups excluding tert-OH is 1. The van der Waals surface area contributed by atoms with E-state index in [1.807, 2.05) is 37.3 Å². The fourth-order valence-electron chi connectivity index (χ4n) is 3.20. The Labute approximate surface area is 154 Å². The molecule has 0 aliphatic carbocycles. The summed E-state index contributed by atoms with van der Waals surface area (Å²) in [5.41, 5.74) is 1.32. The zero-order chi connectivity index (χ0) is 18.4. The summed E-state index contributed by atoms with van der Waals surface area (Å²) in [6.45, 7) is 6.28. The molecular formula is C20H26N4O2. The van der Waals surface area contributed by atoms with E-state index in [4.69, 9.17) is 0 Å². The van der Waals surface area contributed by atoms with Gasteiger partial charge in [0.25, 0.3) is 5.91 Å². The summed E-state index contributed by atoms with van der Waals surface area (Å²) in [7, 11) is 0. The third kappa shape index (κ3) is 5.03. The molecule has 1 aliphatic rings. The number of rotatable bonds is 5. The number of nitrogens with one attached hydrogen (secondary N) is 1. The minimum Gasteiger partial charge on any atom is -0.392 e. The molecule has 1 fully saturated rings. The number of carbonyl (C=O) groups is 1. The van der Waals surface area contributed by atoms with E-state index in [0.29, 0.717) is 17.8 Å². The lowest BCUT2D eigenvalue weighted by atomic mass is 10.2. The molecule has 2 N–H and O–H groups in total. The van der Waals surface area contributed by atoms with E-state index in [1.54, 1.807) is 18.3 Å². The number of anilines is 2. The van der Waals surface area contributed by atoms with Crippen LogP contribution in [0.1, 0.15) is 23.7 Å². The Morgan fingerprint density at radius 1 is 1.15 bits per heavy atom. The maximum absolute atomic E-state index is 12.2. The highest BCUT2D eigenvalue weighted by Crippen LogP contribution is 2.17. The number of nitrogens with zero attached hydrogens (tertiary/aromatic N) is 3. The molecule has 1 saturated heterocycles. The van der Waals surface area contributed by atoms with Gasteiger partial charge in [0.05, 0.1) is 18.0 Å². The van der Waals surface area contributed by atoms with Crippen molar-refractivity contribution in [3.05, 3.63) is 54.2 Å². The van der Waals surface area contributed by atoms with Crippen molar-refractivity contribution in [2.45, 2.75) is 19.4 Å². The summed E-state index contributed by atoms with van der Waals surface area (Å²) in [4.78, 5) is 21.3. The van der Waals surface area contributed by atoms with Gasteiger partial charge in [-0.1, -0.05) is 18.2 Å². The van der Waals surface area contributed by atoms with Gasteiger partial charge in [0.2, 0.25) is 0 Å². The van der Waals surface area contributed by atoms with Crippen molar-refractivity contribution in [2.24, 2.45) is 0 Å². The molecule has 6 heteroatoms. The summed E-state index contributed by atoms with van der Waals surface area (Å²) in [5, 5.41) is 12.4. The molecule has 2 heterocycles. The van der Waals surface area contributed by atoms with Crippen LogP contribution in [0.15, 0.2) is 48.7 Å². The Hall–Kier alpha value is -2.44. The van der Waals surface area contributed by atoms with E-state index in [-0.39, 0.29) is 12.0 Å². The molecular weight excluding hydrogens is 328 g/mol. The van der Waals surface area contributed by atoms with Gasteiger partial charge < -0.3 is 15.3 Å². The van der Waals surface area contributed by atoms with Crippen molar-refractivity contribution in [1.82, 2.24) is 9.88 Å². The van der Waals surface area contributed by atoms with Crippen LogP contribution in [0.5, 0.6) is 0 Å². The standard InChI is InChI=1S/C20H26N4O2/c1-16(25)15-23-10-5-11-24(13-12-23)19-9-8-18(14-21-19)22-20(26)17-6-3-2-4-7-17/h2-4,6-9,14,16,25H,5,10-13,15H2,1H3,(H,22,26). The lowest BCUT2D eigenvalue weighted by Gasteiger charge is -2.23. The molecule has 2 aromatic rings. The predicted octanol–water partition coefficient (Wildman–Crippen LogP) is 2.23. The van der Waals surface area contributed by atoms with E-state index in [9.17, 15) is 9.90 Å². The molecule has 1 aromatic carbocycles. The van der Waals surface area contributed by atoms with Gasteiger partial charge in [-0.15, -0.1) is 0 Å². The van der Waals surface area contributed by atoms with Crippen LogP contribution < -0.4 is 10.2 Å². The van der Waals surface area contributed by atoms with Crippen LogP contribution in [-0.2, 0) is 0 Å². The number of aliphatic hydroxyl groups is 1. The number of hydrogen-bond acceptors (Lipinski definition) is 5. The summed E-state index contributed by atoms with van der Waals surface area (Å²) >= 11 is 0. The zero-order valence-electron chi connectivity index (χ0n) is 15.1. The van der Waals surface area contributed by atoms with Crippen molar-refractivity contribution in [3.8, 4) is 0 Å². The van der Waals surface area contributed by atoms with Gasteiger partial charge in [-0.2, -0.15) is 0 Å². The number of benzene rings is 1. The van der Waals surface area contributed by atoms with E-state index in [2.05, 4.69) is 20.1 Å². The normalized spacial score (nSPS) is 16.8. The number of β-amino-alcohol motifs (C(OH)–C–C–N with tert-alkyl or cyclic N) is 1. The minimum atomic E-state index is -0.299. The SMILES string of the molecule is CC(O)CN1CCCN(c2ccc(NC(=O)c3ccccc3)cn2)CC1. The Balaban J connectivity index is 1.58. The van der Waals surface area contributed by atoms with Gasteiger partial charge in [0.1, 0.15) is 5.82 Å². The second kappa shape index (κ2) is 8.78. The maximum Gasteiger partial charge on any atom is 0.255 e. The second-order valence-electron chi connectivity index (χ2n) is 6.72. The van der Waals surface area contributed by atoms with Gasteiger partial charge in [-0.05, 0) is 44.2 Å². The molecule has 1 aliphatic heterocycles. The quantitative estimate of drug-likeness (QED) is 0.862.